The smallest absolute Gasteiger partial charge is 0.348 e. The average molecular weight is 530 g/mol. The maximum atomic E-state index is 12.6. The highest BCUT2D eigenvalue weighted by Crippen LogP contribution is 2.35. The minimum absolute atomic E-state index is 0.226. The second-order valence-corrected chi connectivity index (χ2v) is 9.43. The fraction of sp³-hybridized carbons (Fsp3) is 0.409. The van der Waals surface area contributed by atoms with Crippen LogP contribution < -0.4 is 10.2 Å². The minimum atomic E-state index is -0.503. The highest BCUT2D eigenvalue weighted by atomic mass is 35.5. The number of carbonyl (C=O) groups excluding carboxylic acids is 2. The molecule has 1 N–H and O–H groups in total. The van der Waals surface area contributed by atoms with Gasteiger partial charge in [-0.3, -0.25) is 0 Å². The Hall–Kier alpha value is -2.07. The zero-order valence-electron chi connectivity index (χ0n) is 18.6. The predicted octanol–water partition coefficient (Wildman–Crippen LogP) is 5.24. The van der Waals surface area contributed by atoms with E-state index in [-0.39, 0.29) is 13.2 Å². The summed E-state index contributed by atoms with van der Waals surface area (Å²) in [6, 6.07) is 5.58. The molecule has 0 unspecified atom stereocenters. The molecule has 1 aliphatic rings. The number of benzene rings is 1. The molecule has 0 radical (unpaired) electrons. The van der Waals surface area contributed by atoms with E-state index in [0.717, 1.165) is 30.1 Å². The molecule has 1 saturated heterocycles. The molecule has 2 heterocycles. The van der Waals surface area contributed by atoms with Crippen LogP contribution in [0.2, 0.25) is 10.0 Å². The van der Waals surface area contributed by atoms with Gasteiger partial charge in [0.15, 0.2) is 5.11 Å². The Bertz CT molecular complexity index is 1050. The van der Waals surface area contributed by atoms with Crippen molar-refractivity contribution in [1.82, 2.24) is 4.90 Å². The number of esters is 2. The van der Waals surface area contributed by atoms with Gasteiger partial charge in [-0.2, -0.15) is 0 Å². The quantitative estimate of drug-likeness (QED) is 0.402. The minimum Gasteiger partial charge on any atom is -0.462 e. The van der Waals surface area contributed by atoms with Gasteiger partial charge in [-0.1, -0.05) is 23.2 Å². The van der Waals surface area contributed by atoms with E-state index in [4.69, 9.17) is 44.9 Å². The van der Waals surface area contributed by atoms with Crippen molar-refractivity contribution in [2.45, 2.75) is 20.8 Å². The molecule has 0 aliphatic carbocycles. The van der Waals surface area contributed by atoms with E-state index < -0.39 is 11.9 Å². The third kappa shape index (κ3) is 5.90. The normalized spacial score (nSPS) is 13.6. The Labute approximate surface area is 212 Å². The summed E-state index contributed by atoms with van der Waals surface area (Å²) in [4.78, 5) is 29.5. The molecule has 7 nitrogen and oxygen atoms in total. The molecule has 0 saturated carbocycles. The van der Waals surface area contributed by atoms with Gasteiger partial charge < -0.3 is 24.6 Å². The first kappa shape index (κ1) is 25.6. The van der Waals surface area contributed by atoms with E-state index >= 15 is 0 Å². The number of halogens is 2. The lowest BCUT2D eigenvalue weighted by Crippen LogP contribution is -2.50. The first-order valence-electron chi connectivity index (χ1n) is 10.5. The number of hydrogen-bond donors (Lipinski definition) is 1. The van der Waals surface area contributed by atoms with Gasteiger partial charge in [0.25, 0.3) is 0 Å². The highest BCUT2D eigenvalue weighted by molar-refractivity contribution is 7.80. The lowest BCUT2D eigenvalue weighted by atomic mass is 10.1. The number of thiophene rings is 1. The summed E-state index contributed by atoms with van der Waals surface area (Å²) in [6.07, 6.45) is 0. The zero-order chi connectivity index (χ0) is 24.1. The van der Waals surface area contributed by atoms with Crippen LogP contribution in [0.4, 0.5) is 10.7 Å². The lowest BCUT2D eigenvalue weighted by molar-refractivity contribution is 0.0527. The summed E-state index contributed by atoms with van der Waals surface area (Å²) in [5.74, 6) is -0.976. The number of thiocarbonyl (C=S) groups is 1. The van der Waals surface area contributed by atoms with Gasteiger partial charge in [0, 0.05) is 31.9 Å². The molecule has 0 spiro atoms. The van der Waals surface area contributed by atoms with E-state index in [0.29, 0.717) is 49.3 Å². The second kappa shape index (κ2) is 11.4. The van der Waals surface area contributed by atoms with Crippen molar-refractivity contribution in [3.8, 4) is 0 Å². The summed E-state index contributed by atoms with van der Waals surface area (Å²) in [6.45, 7) is 8.48. The van der Waals surface area contributed by atoms with Crippen LogP contribution in [0.3, 0.4) is 0 Å². The van der Waals surface area contributed by atoms with Crippen molar-refractivity contribution in [3.05, 3.63) is 44.2 Å². The number of hydrogen-bond acceptors (Lipinski definition) is 7. The van der Waals surface area contributed by atoms with Crippen LogP contribution in [0.5, 0.6) is 0 Å². The Balaban J connectivity index is 1.73. The number of nitrogens with zero attached hydrogens (tertiary/aromatic N) is 2. The maximum Gasteiger partial charge on any atom is 0.348 e. The average Bonchev–Trinajstić information content (AvgIpc) is 3.12. The van der Waals surface area contributed by atoms with Crippen molar-refractivity contribution in [3.63, 3.8) is 0 Å². The molecule has 11 heteroatoms. The molecule has 1 aromatic carbocycles. The number of carbonyl (C=O) groups is 2. The Kier molecular flexibility index (Phi) is 8.81. The van der Waals surface area contributed by atoms with Crippen LogP contribution >= 0.6 is 46.8 Å². The monoisotopic (exact) mass is 529 g/mol. The molecule has 1 fully saturated rings. The molecule has 3 rings (SSSR count). The summed E-state index contributed by atoms with van der Waals surface area (Å²) >= 11 is 18.9. The van der Waals surface area contributed by atoms with E-state index in [9.17, 15) is 9.59 Å². The molecule has 178 valence electrons. The van der Waals surface area contributed by atoms with Crippen LogP contribution in [-0.4, -0.2) is 61.3 Å². The van der Waals surface area contributed by atoms with Crippen molar-refractivity contribution < 1.29 is 19.1 Å². The highest BCUT2D eigenvalue weighted by Gasteiger charge is 2.28. The standard InChI is InChI=1S/C22H25Cl2N3O4S2/c1-4-30-20(28)17-13(3)18(21(29)31-5-2)33-19(17)25-22(32)27-10-8-26(9-11-27)14-6-7-15(23)16(24)12-14/h6-7,12H,4-5,8-11H2,1-3H3,(H,25,32). The van der Waals surface area contributed by atoms with Crippen LogP contribution in [0, 0.1) is 6.92 Å². The van der Waals surface area contributed by atoms with Gasteiger partial charge in [0.2, 0.25) is 0 Å². The van der Waals surface area contributed by atoms with Gasteiger partial charge in [-0.05, 0) is 56.8 Å². The molecular weight excluding hydrogens is 505 g/mol. The van der Waals surface area contributed by atoms with E-state index in [1.807, 2.05) is 17.0 Å². The largest absolute Gasteiger partial charge is 0.462 e. The summed E-state index contributed by atoms with van der Waals surface area (Å²) in [7, 11) is 0. The van der Waals surface area contributed by atoms with Crippen molar-refractivity contribution in [2.75, 3.05) is 49.6 Å². The summed E-state index contributed by atoms with van der Waals surface area (Å²) in [5.41, 5.74) is 1.83. The van der Waals surface area contributed by atoms with Crippen molar-refractivity contribution in [2.24, 2.45) is 0 Å². The first-order valence-corrected chi connectivity index (χ1v) is 12.5. The lowest BCUT2D eigenvalue weighted by Gasteiger charge is -2.37. The first-order chi connectivity index (χ1) is 15.8. The fourth-order valence-corrected chi connectivity index (χ4v) is 5.20. The molecule has 0 amide bonds. The van der Waals surface area contributed by atoms with Gasteiger partial charge in [-0.25, -0.2) is 9.59 Å². The Morgan fingerprint density at radius 3 is 2.30 bits per heavy atom. The van der Waals surface area contributed by atoms with E-state index in [1.54, 1.807) is 26.8 Å². The van der Waals surface area contributed by atoms with Crippen molar-refractivity contribution >= 4 is 74.5 Å². The van der Waals surface area contributed by atoms with Gasteiger partial charge in [-0.15, -0.1) is 11.3 Å². The zero-order valence-corrected chi connectivity index (χ0v) is 21.7. The number of piperazine rings is 1. The van der Waals surface area contributed by atoms with Crippen LogP contribution in [0.15, 0.2) is 18.2 Å². The molecule has 1 aliphatic heterocycles. The molecule has 33 heavy (non-hydrogen) atoms. The third-order valence-electron chi connectivity index (χ3n) is 5.14. The number of rotatable bonds is 6. The SMILES string of the molecule is CCOC(=O)c1sc(NC(=S)N2CCN(c3ccc(Cl)c(Cl)c3)CC2)c(C(=O)OCC)c1C. The second-order valence-electron chi connectivity index (χ2n) is 7.20. The maximum absolute atomic E-state index is 12.6. The molecule has 1 aromatic heterocycles. The predicted molar refractivity (Wildman–Crippen MR) is 137 cm³/mol. The molecule has 2 aromatic rings. The Morgan fingerprint density at radius 2 is 1.70 bits per heavy atom. The molecular formula is C22H25Cl2N3O4S2. The van der Waals surface area contributed by atoms with Crippen molar-refractivity contribution in [1.29, 1.82) is 0 Å². The Morgan fingerprint density at radius 1 is 1.06 bits per heavy atom. The fourth-order valence-electron chi connectivity index (χ4n) is 3.47. The van der Waals surface area contributed by atoms with Gasteiger partial charge >= 0.3 is 11.9 Å². The van der Waals surface area contributed by atoms with Crippen LogP contribution in [-0.2, 0) is 9.47 Å². The van der Waals surface area contributed by atoms with E-state index in [1.165, 1.54) is 0 Å². The van der Waals surface area contributed by atoms with Crippen LogP contribution in [0.1, 0.15) is 39.4 Å². The third-order valence-corrected chi connectivity index (χ3v) is 7.43. The summed E-state index contributed by atoms with van der Waals surface area (Å²) in [5, 5.41) is 5.16. The van der Waals surface area contributed by atoms with Crippen LogP contribution in [0.25, 0.3) is 0 Å². The van der Waals surface area contributed by atoms with E-state index in [2.05, 4.69) is 10.2 Å². The molecule has 0 bridgehead atoms. The number of ether oxygens (including phenoxy) is 2. The number of anilines is 2. The van der Waals surface area contributed by atoms with Gasteiger partial charge in [0.1, 0.15) is 9.88 Å². The van der Waals surface area contributed by atoms with Gasteiger partial charge in [0.05, 0.1) is 28.8 Å². The summed E-state index contributed by atoms with van der Waals surface area (Å²) < 4.78 is 10.3. The topological polar surface area (TPSA) is 71.1 Å². The number of nitrogens with one attached hydrogen (secondary N) is 1. The molecule has 0 atom stereocenters.